The second-order valence-corrected chi connectivity index (χ2v) is 6.33. The summed E-state index contributed by atoms with van der Waals surface area (Å²) in [5.74, 6) is 0. The van der Waals surface area contributed by atoms with Gasteiger partial charge >= 0.3 is 0 Å². The van der Waals surface area contributed by atoms with Crippen molar-refractivity contribution in [1.29, 1.82) is 0 Å². The third-order valence-electron chi connectivity index (χ3n) is 4.82. The molecular weight excluding hydrogens is 230 g/mol. The molecule has 0 N–H and O–H groups in total. The van der Waals surface area contributed by atoms with Crippen LogP contribution in [0.3, 0.4) is 0 Å². The van der Waals surface area contributed by atoms with Gasteiger partial charge in [-0.15, -0.1) is 6.58 Å². The summed E-state index contributed by atoms with van der Waals surface area (Å²) in [5, 5.41) is 0. The summed E-state index contributed by atoms with van der Waals surface area (Å²) in [4.78, 5) is 2.69. The summed E-state index contributed by atoms with van der Waals surface area (Å²) >= 11 is 0. The first-order chi connectivity index (χ1) is 9.29. The Morgan fingerprint density at radius 3 is 2.16 bits per heavy atom. The lowest BCUT2D eigenvalue weighted by molar-refractivity contribution is 0.216. The molecule has 0 spiro atoms. The first-order valence-corrected chi connectivity index (χ1v) is 8.62. The zero-order valence-electron chi connectivity index (χ0n) is 13.4. The molecule has 0 aromatic carbocycles. The Hall–Kier alpha value is -0.300. The Labute approximate surface area is 121 Å². The van der Waals surface area contributed by atoms with Gasteiger partial charge in [0.15, 0.2) is 0 Å². The molecule has 1 heteroatoms. The molecule has 1 saturated heterocycles. The average Bonchev–Trinajstić information content (AvgIpc) is 2.76. The number of nitrogens with zero attached hydrogens (tertiary/aromatic N) is 1. The van der Waals surface area contributed by atoms with Crippen LogP contribution in [0.5, 0.6) is 0 Å². The van der Waals surface area contributed by atoms with Crippen LogP contribution in [0.2, 0.25) is 0 Å². The highest BCUT2D eigenvalue weighted by atomic mass is 15.2. The van der Waals surface area contributed by atoms with Gasteiger partial charge in [-0.2, -0.15) is 0 Å². The zero-order valence-corrected chi connectivity index (χ0v) is 13.4. The van der Waals surface area contributed by atoms with Crippen LogP contribution >= 0.6 is 0 Å². The molecule has 0 bridgehead atoms. The molecule has 2 atom stereocenters. The van der Waals surface area contributed by atoms with Gasteiger partial charge in [0.2, 0.25) is 0 Å². The van der Waals surface area contributed by atoms with E-state index in [1.165, 1.54) is 77.0 Å². The van der Waals surface area contributed by atoms with Gasteiger partial charge in [-0.05, 0) is 45.6 Å². The van der Waals surface area contributed by atoms with Crippen molar-refractivity contribution in [3.8, 4) is 0 Å². The van der Waals surface area contributed by atoms with Crippen LogP contribution < -0.4 is 0 Å². The minimum Gasteiger partial charge on any atom is -0.300 e. The number of allylic oxidation sites excluding steroid dienone is 1. The third-order valence-corrected chi connectivity index (χ3v) is 4.82. The molecule has 0 saturated carbocycles. The summed E-state index contributed by atoms with van der Waals surface area (Å²) in [6.45, 7) is 6.08. The van der Waals surface area contributed by atoms with E-state index in [0.717, 1.165) is 12.1 Å². The normalized spacial score (nSPS) is 23.9. The highest BCUT2D eigenvalue weighted by molar-refractivity contribution is 4.85. The van der Waals surface area contributed by atoms with Gasteiger partial charge in [-0.1, -0.05) is 51.5 Å². The van der Waals surface area contributed by atoms with E-state index in [9.17, 15) is 0 Å². The molecular formula is C18H35N. The van der Waals surface area contributed by atoms with Gasteiger partial charge in [0, 0.05) is 12.1 Å². The van der Waals surface area contributed by atoms with Gasteiger partial charge < -0.3 is 4.90 Å². The van der Waals surface area contributed by atoms with Gasteiger partial charge in [0.25, 0.3) is 0 Å². The third kappa shape index (κ3) is 6.61. The van der Waals surface area contributed by atoms with Crippen LogP contribution in [0, 0.1) is 0 Å². The van der Waals surface area contributed by atoms with Crippen LogP contribution in [-0.4, -0.2) is 24.0 Å². The van der Waals surface area contributed by atoms with Crippen molar-refractivity contribution in [3.05, 3.63) is 12.7 Å². The monoisotopic (exact) mass is 265 g/mol. The summed E-state index contributed by atoms with van der Waals surface area (Å²) in [7, 11) is 2.36. The molecule has 0 amide bonds. The fraction of sp³-hybridized carbons (Fsp3) is 0.889. The quantitative estimate of drug-likeness (QED) is 0.349. The molecule has 112 valence electrons. The van der Waals surface area contributed by atoms with E-state index < -0.39 is 0 Å². The van der Waals surface area contributed by atoms with Crippen molar-refractivity contribution in [2.75, 3.05) is 7.05 Å². The number of likely N-dealkylation sites (tertiary alicyclic amines) is 1. The first-order valence-electron chi connectivity index (χ1n) is 8.62. The SMILES string of the molecule is C=CCCCCCCCC1CCC(CCCC)N1C. The highest BCUT2D eigenvalue weighted by Crippen LogP contribution is 2.29. The number of unbranched alkanes of at least 4 members (excludes halogenated alkanes) is 6. The maximum Gasteiger partial charge on any atom is 0.00957 e. The number of hydrogen-bond donors (Lipinski definition) is 0. The van der Waals surface area contributed by atoms with Crippen molar-refractivity contribution >= 4 is 0 Å². The van der Waals surface area contributed by atoms with E-state index in [1.54, 1.807) is 0 Å². The van der Waals surface area contributed by atoms with Gasteiger partial charge in [-0.3, -0.25) is 0 Å². The van der Waals surface area contributed by atoms with E-state index in [1.807, 2.05) is 6.08 Å². The van der Waals surface area contributed by atoms with Crippen molar-refractivity contribution in [2.24, 2.45) is 0 Å². The topological polar surface area (TPSA) is 3.24 Å². The van der Waals surface area contributed by atoms with Crippen LogP contribution in [0.4, 0.5) is 0 Å². The summed E-state index contributed by atoms with van der Waals surface area (Å²) in [6.07, 6.45) is 18.8. The predicted molar refractivity (Wildman–Crippen MR) is 86.6 cm³/mol. The summed E-state index contributed by atoms with van der Waals surface area (Å²) in [6, 6.07) is 1.77. The summed E-state index contributed by atoms with van der Waals surface area (Å²) < 4.78 is 0. The molecule has 0 aromatic rings. The molecule has 1 nitrogen and oxygen atoms in total. The lowest BCUT2D eigenvalue weighted by Crippen LogP contribution is -2.32. The number of hydrogen-bond acceptors (Lipinski definition) is 1. The van der Waals surface area contributed by atoms with E-state index in [0.29, 0.717) is 0 Å². The zero-order chi connectivity index (χ0) is 13.9. The van der Waals surface area contributed by atoms with E-state index >= 15 is 0 Å². The Morgan fingerprint density at radius 1 is 0.947 bits per heavy atom. The fourth-order valence-electron chi connectivity index (χ4n) is 3.42. The maximum atomic E-state index is 3.78. The molecule has 19 heavy (non-hydrogen) atoms. The van der Waals surface area contributed by atoms with Crippen LogP contribution in [-0.2, 0) is 0 Å². The predicted octanol–water partition coefficient (Wildman–Crippen LogP) is 5.56. The molecule has 1 aliphatic heterocycles. The largest absolute Gasteiger partial charge is 0.300 e. The van der Waals surface area contributed by atoms with E-state index in [2.05, 4.69) is 25.5 Å². The molecule has 1 fully saturated rings. The highest BCUT2D eigenvalue weighted by Gasteiger charge is 2.28. The lowest BCUT2D eigenvalue weighted by Gasteiger charge is -2.25. The molecule has 0 aliphatic carbocycles. The minimum absolute atomic E-state index is 0.884. The van der Waals surface area contributed by atoms with Gasteiger partial charge in [-0.25, -0.2) is 0 Å². The first kappa shape index (κ1) is 16.8. The molecule has 0 radical (unpaired) electrons. The van der Waals surface area contributed by atoms with Gasteiger partial charge in [0.1, 0.15) is 0 Å². The maximum absolute atomic E-state index is 3.78. The van der Waals surface area contributed by atoms with E-state index in [-0.39, 0.29) is 0 Å². The lowest BCUT2D eigenvalue weighted by atomic mass is 10.0. The smallest absolute Gasteiger partial charge is 0.00957 e. The molecule has 2 unspecified atom stereocenters. The van der Waals surface area contributed by atoms with Crippen LogP contribution in [0.1, 0.15) is 84.0 Å². The average molecular weight is 265 g/mol. The Balaban J connectivity index is 2.02. The van der Waals surface area contributed by atoms with Crippen molar-refractivity contribution in [1.82, 2.24) is 4.90 Å². The second-order valence-electron chi connectivity index (χ2n) is 6.33. The standard InChI is InChI=1S/C18H35N/c1-4-6-8-9-10-11-12-14-18-16-15-17(19(18)3)13-7-5-2/h4,17-18H,1,5-16H2,2-3H3. The van der Waals surface area contributed by atoms with Crippen molar-refractivity contribution in [3.63, 3.8) is 0 Å². The molecule has 1 heterocycles. The Morgan fingerprint density at radius 2 is 1.53 bits per heavy atom. The van der Waals surface area contributed by atoms with Crippen molar-refractivity contribution < 1.29 is 0 Å². The van der Waals surface area contributed by atoms with Crippen LogP contribution in [0.15, 0.2) is 12.7 Å². The Kier molecular flexibility index (Phi) is 9.24. The molecule has 1 rings (SSSR count). The van der Waals surface area contributed by atoms with Crippen molar-refractivity contribution in [2.45, 2.75) is 96.1 Å². The Bertz CT molecular complexity index is 224. The van der Waals surface area contributed by atoms with E-state index in [4.69, 9.17) is 0 Å². The minimum atomic E-state index is 0.884. The van der Waals surface area contributed by atoms with Crippen LogP contribution in [0.25, 0.3) is 0 Å². The van der Waals surface area contributed by atoms with Gasteiger partial charge in [0.05, 0.1) is 0 Å². The molecule has 1 aliphatic rings. The number of rotatable bonds is 11. The second kappa shape index (κ2) is 10.5. The molecule has 0 aromatic heterocycles. The summed E-state index contributed by atoms with van der Waals surface area (Å²) in [5.41, 5.74) is 0. The fourth-order valence-corrected chi connectivity index (χ4v) is 3.42.